The highest BCUT2D eigenvalue weighted by Crippen LogP contribution is 2.20. The van der Waals surface area contributed by atoms with Crippen LogP contribution in [0.3, 0.4) is 0 Å². The average molecular weight is 303 g/mol. The van der Waals surface area contributed by atoms with Gasteiger partial charge in [0, 0.05) is 20.3 Å². The van der Waals surface area contributed by atoms with Crippen LogP contribution in [0.25, 0.3) is 0 Å². The van der Waals surface area contributed by atoms with E-state index < -0.39 is 23.2 Å². The van der Waals surface area contributed by atoms with Crippen LogP contribution in [0, 0.1) is 11.6 Å². The predicted molar refractivity (Wildman–Crippen MR) is 73.7 cm³/mol. The molecule has 0 spiro atoms. The molecule has 0 atom stereocenters. The van der Waals surface area contributed by atoms with Crippen molar-refractivity contribution in [1.29, 1.82) is 0 Å². The quantitative estimate of drug-likeness (QED) is 0.650. The van der Waals surface area contributed by atoms with Crippen molar-refractivity contribution in [3.05, 3.63) is 29.3 Å². The summed E-state index contributed by atoms with van der Waals surface area (Å²) in [5, 5.41) is 11.4. The fraction of sp³-hybridized carbons (Fsp3) is 0.500. The summed E-state index contributed by atoms with van der Waals surface area (Å²) in [6.07, 6.45) is 1.49. The zero-order valence-corrected chi connectivity index (χ0v) is 11.8. The largest absolute Gasteiger partial charge is 0.478 e. The lowest BCUT2D eigenvalue weighted by Crippen LogP contribution is -2.09. The number of methoxy groups -OCH3 is 1. The van der Waals surface area contributed by atoms with Crippen LogP contribution in [-0.2, 0) is 9.47 Å². The molecule has 5 nitrogen and oxygen atoms in total. The third kappa shape index (κ3) is 5.65. The van der Waals surface area contributed by atoms with Crippen LogP contribution in [0.2, 0.25) is 0 Å². The number of hydrogen-bond acceptors (Lipinski definition) is 4. The van der Waals surface area contributed by atoms with Crippen LogP contribution in [0.4, 0.5) is 14.5 Å². The first-order chi connectivity index (χ1) is 10.1. The summed E-state index contributed by atoms with van der Waals surface area (Å²) in [5.41, 5.74) is -0.720. The van der Waals surface area contributed by atoms with E-state index in [1.54, 1.807) is 7.11 Å². The molecule has 0 saturated carbocycles. The van der Waals surface area contributed by atoms with E-state index in [2.05, 4.69) is 5.32 Å². The van der Waals surface area contributed by atoms with E-state index in [-0.39, 0.29) is 5.69 Å². The SMILES string of the molecule is COCCOCCCCNc1ccc(C(=O)O)c(F)c1F. The zero-order chi connectivity index (χ0) is 15.7. The fourth-order valence-corrected chi connectivity index (χ4v) is 1.65. The van der Waals surface area contributed by atoms with Crippen molar-refractivity contribution >= 4 is 11.7 Å². The van der Waals surface area contributed by atoms with Gasteiger partial charge >= 0.3 is 5.97 Å². The van der Waals surface area contributed by atoms with Crippen molar-refractivity contribution in [2.75, 3.05) is 38.8 Å². The zero-order valence-electron chi connectivity index (χ0n) is 11.8. The van der Waals surface area contributed by atoms with Gasteiger partial charge in [0.2, 0.25) is 0 Å². The van der Waals surface area contributed by atoms with E-state index in [9.17, 15) is 13.6 Å². The third-order valence-corrected chi connectivity index (χ3v) is 2.78. The molecule has 0 radical (unpaired) electrons. The molecule has 0 aromatic heterocycles. The molecule has 0 heterocycles. The van der Waals surface area contributed by atoms with Crippen molar-refractivity contribution in [2.45, 2.75) is 12.8 Å². The van der Waals surface area contributed by atoms with Crippen LogP contribution < -0.4 is 5.32 Å². The number of ether oxygens (including phenoxy) is 2. The van der Waals surface area contributed by atoms with Crippen LogP contribution in [0.5, 0.6) is 0 Å². The van der Waals surface area contributed by atoms with Gasteiger partial charge in [0.1, 0.15) is 0 Å². The third-order valence-electron chi connectivity index (χ3n) is 2.78. The highest BCUT2D eigenvalue weighted by atomic mass is 19.2. The van der Waals surface area contributed by atoms with Gasteiger partial charge in [0.05, 0.1) is 24.5 Å². The molecular weight excluding hydrogens is 284 g/mol. The summed E-state index contributed by atoms with van der Waals surface area (Å²) in [5.74, 6) is -4.02. The monoisotopic (exact) mass is 303 g/mol. The number of carboxylic acids is 1. The van der Waals surface area contributed by atoms with Crippen molar-refractivity contribution < 1.29 is 28.2 Å². The number of rotatable bonds is 10. The van der Waals surface area contributed by atoms with Gasteiger partial charge in [-0.1, -0.05) is 0 Å². The number of benzene rings is 1. The fourth-order valence-electron chi connectivity index (χ4n) is 1.65. The van der Waals surface area contributed by atoms with Crippen molar-refractivity contribution in [3.8, 4) is 0 Å². The number of nitrogens with one attached hydrogen (secondary N) is 1. The Hall–Kier alpha value is -1.73. The minimum absolute atomic E-state index is 0.0437. The minimum Gasteiger partial charge on any atom is -0.478 e. The Morgan fingerprint density at radius 1 is 1.19 bits per heavy atom. The Bertz CT molecular complexity index is 469. The molecule has 21 heavy (non-hydrogen) atoms. The van der Waals surface area contributed by atoms with Gasteiger partial charge in [0.25, 0.3) is 0 Å². The normalized spacial score (nSPS) is 10.6. The Balaban J connectivity index is 2.33. The molecule has 7 heteroatoms. The summed E-state index contributed by atoms with van der Waals surface area (Å²) in [6.45, 7) is 2.08. The average Bonchev–Trinajstić information content (AvgIpc) is 2.45. The topological polar surface area (TPSA) is 67.8 Å². The van der Waals surface area contributed by atoms with E-state index in [0.717, 1.165) is 12.5 Å². The Kier molecular flexibility index (Phi) is 7.63. The highest BCUT2D eigenvalue weighted by molar-refractivity contribution is 5.88. The van der Waals surface area contributed by atoms with E-state index in [0.29, 0.717) is 32.8 Å². The summed E-state index contributed by atoms with van der Waals surface area (Å²) in [4.78, 5) is 10.6. The van der Waals surface area contributed by atoms with Gasteiger partial charge in [-0.2, -0.15) is 0 Å². The lowest BCUT2D eigenvalue weighted by molar-refractivity contribution is 0.0689. The summed E-state index contributed by atoms with van der Waals surface area (Å²) in [7, 11) is 1.59. The first-order valence-electron chi connectivity index (χ1n) is 6.59. The van der Waals surface area contributed by atoms with E-state index >= 15 is 0 Å². The molecule has 0 aliphatic heterocycles. The van der Waals surface area contributed by atoms with Gasteiger partial charge < -0.3 is 19.9 Å². The van der Waals surface area contributed by atoms with E-state index in [1.807, 2.05) is 0 Å². The Morgan fingerprint density at radius 3 is 2.62 bits per heavy atom. The van der Waals surface area contributed by atoms with Gasteiger partial charge in [0.15, 0.2) is 11.6 Å². The van der Waals surface area contributed by atoms with Crippen LogP contribution in [0.15, 0.2) is 12.1 Å². The standard InChI is InChI=1S/C14H19F2NO4/c1-20-8-9-21-7-3-2-6-17-11-5-4-10(14(18)19)12(15)13(11)16/h4-5,17H,2-3,6-9H2,1H3,(H,18,19). The molecule has 1 aromatic carbocycles. The summed E-state index contributed by atoms with van der Waals surface area (Å²) < 4.78 is 37.1. The number of carboxylic acid groups (broad SMARTS) is 1. The number of hydrogen-bond donors (Lipinski definition) is 2. The second kappa shape index (κ2) is 9.25. The summed E-state index contributed by atoms with van der Waals surface area (Å²) in [6, 6.07) is 2.26. The lowest BCUT2D eigenvalue weighted by atomic mass is 10.1. The van der Waals surface area contributed by atoms with Gasteiger partial charge in [-0.25, -0.2) is 13.6 Å². The highest BCUT2D eigenvalue weighted by Gasteiger charge is 2.17. The van der Waals surface area contributed by atoms with Gasteiger partial charge in [-0.05, 0) is 25.0 Å². The van der Waals surface area contributed by atoms with Gasteiger partial charge in [-0.3, -0.25) is 0 Å². The number of aromatic carboxylic acids is 1. The van der Waals surface area contributed by atoms with Crippen LogP contribution in [0.1, 0.15) is 23.2 Å². The molecule has 0 saturated heterocycles. The Labute approximate surface area is 121 Å². The van der Waals surface area contributed by atoms with Gasteiger partial charge in [-0.15, -0.1) is 0 Å². The van der Waals surface area contributed by atoms with E-state index in [1.165, 1.54) is 6.07 Å². The summed E-state index contributed by atoms with van der Waals surface area (Å²) >= 11 is 0. The molecule has 0 aliphatic carbocycles. The number of carbonyl (C=O) groups is 1. The maximum atomic E-state index is 13.6. The van der Waals surface area contributed by atoms with Crippen molar-refractivity contribution in [1.82, 2.24) is 0 Å². The number of unbranched alkanes of at least 4 members (excludes halogenated alkanes) is 1. The van der Waals surface area contributed by atoms with Crippen molar-refractivity contribution in [3.63, 3.8) is 0 Å². The molecule has 0 unspecified atom stereocenters. The molecule has 2 N–H and O–H groups in total. The maximum absolute atomic E-state index is 13.6. The second-order valence-corrected chi connectivity index (χ2v) is 4.33. The maximum Gasteiger partial charge on any atom is 0.338 e. The molecule has 0 aliphatic rings. The molecular formula is C14H19F2NO4. The Morgan fingerprint density at radius 2 is 1.95 bits per heavy atom. The first kappa shape index (κ1) is 17.3. The minimum atomic E-state index is -1.49. The molecule has 0 fully saturated rings. The molecule has 0 bridgehead atoms. The van der Waals surface area contributed by atoms with Crippen molar-refractivity contribution in [2.24, 2.45) is 0 Å². The van der Waals surface area contributed by atoms with Crippen LogP contribution in [-0.4, -0.2) is 44.6 Å². The van der Waals surface area contributed by atoms with E-state index in [4.69, 9.17) is 14.6 Å². The molecule has 0 amide bonds. The molecule has 1 rings (SSSR count). The lowest BCUT2D eigenvalue weighted by Gasteiger charge is -2.09. The second-order valence-electron chi connectivity index (χ2n) is 4.33. The number of anilines is 1. The number of halogens is 2. The first-order valence-corrected chi connectivity index (χ1v) is 6.59. The predicted octanol–water partition coefficient (Wildman–Crippen LogP) is 2.52. The molecule has 118 valence electrons. The van der Waals surface area contributed by atoms with Crippen LogP contribution >= 0.6 is 0 Å². The smallest absolute Gasteiger partial charge is 0.338 e. The molecule has 1 aromatic rings.